The minimum atomic E-state index is 0.313. The number of hydrogen-bond donors (Lipinski definition) is 1. The highest BCUT2D eigenvalue weighted by Gasteiger charge is 1.99. The van der Waals surface area contributed by atoms with Crippen LogP contribution >= 0.6 is 0 Å². The molecule has 108 valence electrons. The Labute approximate surface area is 115 Å². The van der Waals surface area contributed by atoms with E-state index in [0.717, 1.165) is 38.2 Å². The van der Waals surface area contributed by atoms with Crippen molar-refractivity contribution in [2.24, 2.45) is 0 Å². The van der Waals surface area contributed by atoms with E-state index in [-0.39, 0.29) is 0 Å². The van der Waals surface area contributed by atoms with E-state index in [1.807, 2.05) is 6.07 Å². The molecule has 0 atom stereocenters. The van der Waals surface area contributed by atoms with Crippen molar-refractivity contribution in [3.63, 3.8) is 0 Å². The molecule has 0 aliphatic carbocycles. The summed E-state index contributed by atoms with van der Waals surface area (Å²) in [5, 5.41) is 3.26. The third-order valence-corrected chi connectivity index (χ3v) is 2.42. The Morgan fingerprint density at radius 2 is 2.05 bits per heavy atom. The standard InChI is InChI=1S/C14H25N3O2/c1-4-8-19-14-10-13(16-11-17-14)15-7-5-6-9-18-12(2)3/h10-12H,4-9H2,1-3H3,(H,15,16,17). The van der Waals surface area contributed by atoms with Gasteiger partial charge >= 0.3 is 0 Å². The van der Waals surface area contributed by atoms with Crippen molar-refractivity contribution in [1.29, 1.82) is 0 Å². The van der Waals surface area contributed by atoms with Gasteiger partial charge in [-0.15, -0.1) is 0 Å². The number of hydrogen-bond acceptors (Lipinski definition) is 5. The molecule has 1 rings (SSSR count). The smallest absolute Gasteiger partial charge is 0.218 e. The van der Waals surface area contributed by atoms with Gasteiger partial charge in [-0.25, -0.2) is 9.97 Å². The highest BCUT2D eigenvalue weighted by atomic mass is 16.5. The number of rotatable bonds is 10. The van der Waals surface area contributed by atoms with Gasteiger partial charge in [0, 0.05) is 19.2 Å². The fourth-order valence-corrected chi connectivity index (χ4v) is 1.48. The molecule has 0 radical (unpaired) electrons. The molecule has 0 saturated heterocycles. The maximum atomic E-state index is 5.48. The Morgan fingerprint density at radius 1 is 1.21 bits per heavy atom. The summed E-state index contributed by atoms with van der Waals surface area (Å²) < 4.78 is 10.9. The largest absolute Gasteiger partial charge is 0.478 e. The highest BCUT2D eigenvalue weighted by molar-refractivity contribution is 5.36. The van der Waals surface area contributed by atoms with Crippen LogP contribution < -0.4 is 10.1 Å². The molecule has 0 aliphatic heterocycles. The van der Waals surface area contributed by atoms with Crippen LogP contribution in [0.5, 0.6) is 5.88 Å². The van der Waals surface area contributed by atoms with Crippen molar-refractivity contribution < 1.29 is 9.47 Å². The first-order valence-electron chi connectivity index (χ1n) is 7.02. The van der Waals surface area contributed by atoms with Crippen LogP contribution in [0.3, 0.4) is 0 Å². The third-order valence-electron chi connectivity index (χ3n) is 2.42. The summed E-state index contributed by atoms with van der Waals surface area (Å²) in [5.41, 5.74) is 0. The van der Waals surface area contributed by atoms with Crippen molar-refractivity contribution in [3.05, 3.63) is 12.4 Å². The average Bonchev–Trinajstić information content (AvgIpc) is 2.40. The topological polar surface area (TPSA) is 56.3 Å². The number of ether oxygens (including phenoxy) is 2. The Kier molecular flexibility index (Phi) is 7.89. The molecule has 1 aromatic heterocycles. The first-order chi connectivity index (χ1) is 9.22. The lowest BCUT2D eigenvalue weighted by molar-refractivity contribution is 0.0765. The van der Waals surface area contributed by atoms with E-state index in [2.05, 4.69) is 36.1 Å². The van der Waals surface area contributed by atoms with Gasteiger partial charge in [-0.05, 0) is 33.1 Å². The molecule has 0 amide bonds. The summed E-state index contributed by atoms with van der Waals surface area (Å²) in [6, 6.07) is 1.83. The van der Waals surface area contributed by atoms with Gasteiger partial charge in [0.25, 0.3) is 0 Å². The van der Waals surface area contributed by atoms with Crippen LogP contribution in [0.2, 0.25) is 0 Å². The van der Waals surface area contributed by atoms with Gasteiger partial charge in [-0.1, -0.05) is 6.92 Å². The Hall–Kier alpha value is -1.36. The second kappa shape index (κ2) is 9.55. The molecule has 1 heterocycles. The third kappa shape index (κ3) is 7.62. The first-order valence-corrected chi connectivity index (χ1v) is 7.02. The maximum Gasteiger partial charge on any atom is 0.218 e. The maximum absolute atomic E-state index is 5.48. The van der Waals surface area contributed by atoms with Gasteiger partial charge in [0.1, 0.15) is 12.1 Å². The van der Waals surface area contributed by atoms with Gasteiger partial charge in [-0.2, -0.15) is 0 Å². The van der Waals surface area contributed by atoms with Gasteiger partial charge in [-0.3, -0.25) is 0 Å². The quantitative estimate of drug-likeness (QED) is 0.661. The van der Waals surface area contributed by atoms with Gasteiger partial charge in [0.2, 0.25) is 5.88 Å². The van der Waals surface area contributed by atoms with Crippen LogP contribution in [-0.4, -0.2) is 35.8 Å². The summed E-state index contributed by atoms with van der Waals surface area (Å²) in [6.45, 7) is 8.55. The normalized spacial score (nSPS) is 10.7. The Morgan fingerprint density at radius 3 is 2.79 bits per heavy atom. The summed E-state index contributed by atoms with van der Waals surface area (Å²) in [6.07, 6.45) is 4.92. The molecule has 0 bridgehead atoms. The minimum absolute atomic E-state index is 0.313. The van der Waals surface area contributed by atoms with E-state index >= 15 is 0 Å². The van der Waals surface area contributed by atoms with Gasteiger partial charge < -0.3 is 14.8 Å². The Bertz CT molecular complexity index is 345. The zero-order chi connectivity index (χ0) is 13.9. The van der Waals surface area contributed by atoms with E-state index in [9.17, 15) is 0 Å². The predicted molar refractivity (Wildman–Crippen MR) is 76.6 cm³/mol. The minimum Gasteiger partial charge on any atom is -0.478 e. The molecule has 5 heteroatoms. The number of aromatic nitrogens is 2. The summed E-state index contributed by atoms with van der Waals surface area (Å²) in [5.74, 6) is 1.44. The molecule has 0 aromatic carbocycles. The van der Waals surface area contributed by atoms with Crippen LogP contribution in [0.4, 0.5) is 5.82 Å². The Balaban J connectivity index is 2.18. The number of nitrogens with zero attached hydrogens (tertiary/aromatic N) is 2. The molecule has 0 spiro atoms. The zero-order valence-corrected chi connectivity index (χ0v) is 12.2. The van der Waals surface area contributed by atoms with Gasteiger partial charge in [0.15, 0.2) is 0 Å². The van der Waals surface area contributed by atoms with Crippen LogP contribution in [-0.2, 0) is 4.74 Å². The molecular formula is C14H25N3O2. The monoisotopic (exact) mass is 267 g/mol. The second-order valence-corrected chi connectivity index (χ2v) is 4.64. The lowest BCUT2D eigenvalue weighted by atomic mass is 10.3. The van der Waals surface area contributed by atoms with Crippen molar-refractivity contribution in [3.8, 4) is 5.88 Å². The van der Waals surface area contributed by atoms with Gasteiger partial charge in [0.05, 0.1) is 12.7 Å². The molecule has 0 fully saturated rings. The number of anilines is 1. The predicted octanol–water partition coefficient (Wildman–Crippen LogP) is 2.88. The molecule has 0 saturated carbocycles. The van der Waals surface area contributed by atoms with Crippen LogP contribution in [0.15, 0.2) is 12.4 Å². The highest BCUT2D eigenvalue weighted by Crippen LogP contribution is 2.11. The summed E-state index contributed by atoms with van der Waals surface area (Å²) in [4.78, 5) is 8.22. The SMILES string of the molecule is CCCOc1cc(NCCCCOC(C)C)ncn1. The molecule has 0 aliphatic rings. The van der Waals surface area contributed by atoms with Crippen LogP contribution in [0.25, 0.3) is 0 Å². The summed E-state index contributed by atoms with van der Waals surface area (Å²) in [7, 11) is 0. The number of unbranched alkanes of at least 4 members (excludes halogenated alkanes) is 1. The lowest BCUT2D eigenvalue weighted by Gasteiger charge is -2.09. The van der Waals surface area contributed by atoms with Crippen LogP contribution in [0.1, 0.15) is 40.0 Å². The van der Waals surface area contributed by atoms with E-state index in [1.54, 1.807) is 0 Å². The molecule has 19 heavy (non-hydrogen) atoms. The van der Waals surface area contributed by atoms with Crippen LogP contribution in [0, 0.1) is 0 Å². The van der Waals surface area contributed by atoms with Crippen molar-refractivity contribution in [1.82, 2.24) is 9.97 Å². The number of nitrogens with one attached hydrogen (secondary N) is 1. The van der Waals surface area contributed by atoms with E-state index in [4.69, 9.17) is 9.47 Å². The fourth-order valence-electron chi connectivity index (χ4n) is 1.48. The second-order valence-electron chi connectivity index (χ2n) is 4.64. The average molecular weight is 267 g/mol. The molecule has 0 unspecified atom stereocenters. The van der Waals surface area contributed by atoms with E-state index in [0.29, 0.717) is 18.6 Å². The van der Waals surface area contributed by atoms with Crippen molar-refractivity contribution in [2.75, 3.05) is 25.1 Å². The van der Waals surface area contributed by atoms with Crippen molar-refractivity contribution >= 4 is 5.82 Å². The zero-order valence-electron chi connectivity index (χ0n) is 12.2. The molecule has 1 aromatic rings. The first kappa shape index (κ1) is 15.7. The van der Waals surface area contributed by atoms with E-state index < -0.39 is 0 Å². The summed E-state index contributed by atoms with van der Waals surface area (Å²) >= 11 is 0. The van der Waals surface area contributed by atoms with Crippen molar-refractivity contribution in [2.45, 2.75) is 46.1 Å². The van der Waals surface area contributed by atoms with E-state index in [1.165, 1.54) is 6.33 Å². The molecule has 1 N–H and O–H groups in total. The molecule has 5 nitrogen and oxygen atoms in total. The lowest BCUT2D eigenvalue weighted by Crippen LogP contribution is -2.08. The molecular weight excluding hydrogens is 242 g/mol. The fraction of sp³-hybridized carbons (Fsp3) is 0.714.